The summed E-state index contributed by atoms with van der Waals surface area (Å²) in [5.74, 6) is 1.03. The van der Waals surface area contributed by atoms with E-state index in [0.717, 1.165) is 19.0 Å². The Bertz CT molecular complexity index is 233. The van der Waals surface area contributed by atoms with E-state index in [1.54, 1.807) is 6.26 Å². The quantitative estimate of drug-likeness (QED) is 0.574. The highest BCUT2D eigenvalue weighted by Crippen LogP contribution is 2.16. The van der Waals surface area contributed by atoms with Crippen LogP contribution in [0.25, 0.3) is 0 Å². The summed E-state index contributed by atoms with van der Waals surface area (Å²) < 4.78 is 5.48. The Balaban J connectivity index is 2.36. The average molecular weight is 223 g/mol. The van der Waals surface area contributed by atoms with Crippen LogP contribution in [0.5, 0.6) is 0 Å². The summed E-state index contributed by atoms with van der Waals surface area (Å²) in [6.07, 6.45) is 9.48. The molecule has 1 rings (SSSR count). The van der Waals surface area contributed by atoms with Gasteiger partial charge in [0.2, 0.25) is 0 Å². The Morgan fingerprint density at radius 1 is 1.00 bits per heavy atom. The van der Waals surface area contributed by atoms with E-state index in [1.807, 2.05) is 6.07 Å². The molecule has 0 unspecified atom stereocenters. The third-order valence-corrected chi connectivity index (χ3v) is 2.88. The number of hydrogen-bond donors (Lipinski definition) is 0. The predicted molar refractivity (Wildman–Crippen MR) is 70.0 cm³/mol. The molecule has 0 atom stereocenters. The van der Waals surface area contributed by atoms with E-state index in [0.29, 0.717) is 0 Å². The molecule has 0 N–H and O–H groups in total. The predicted octanol–water partition coefficient (Wildman–Crippen LogP) is 4.47. The summed E-state index contributed by atoms with van der Waals surface area (Å²) in [5, 5.41) is 0. The van der Waals surface area contributed by atoms with Crippen molar-refractivity contribution in [2.45, 2.75) is 52.4 Å². The zero-order chi connectivity index (χ0) is 11.6. The summed E-state index contributed by atoms with van der Waals surface area (Å²) in [7, 11) is 0. The Labute approximate surface area is 99.6 Å². The molecule has 1 aromatic heterocycles. The molecule has 1 aromatic rings. The molecule has 0 aliphatic rings. The maximum absolute atomic E-state index is 5.48. The minimum Gasteiger partial charge on any atom is -0.449 e. The summed E-state index contributed by atoms with van der Waals surface area (Å²) in [4.78, 5) is 2.38. The fraction of sp³-hybridized carbons (Fsp3) is 0.714. The van der Waals surface area contributed by atoms with Gasteiger partial charge in [0.1, 0.15) is 0 Å². The zero-order valence-electron chi connectivity index (χ0n) is 10.7. The number of furan rings is 1. The minimum atomic E-state index is 1.03. The standard InChI is InChI=1S/C14H25NO/c1-3-5-7-11-15(12-8-6-4-2)14-10-9-13-16-14/h9-10,13H,3-8,11-12H2,1-2H3. The molecule has 0 bridgehead atoms. The van der Waals surface area contributed by atoms with Crippen molar-refractivity contribution >= 4 is 5.88 Å². The lowest BCUT2D eigenvalue weighted by molar-refractivity contribution is 0.526. The summed E-state index contributed by atoms with van der Waals surface area (Å²) >= 11 is 0. The van der Waals surface area contributed by atoms with Crippen LogP contribution in [0.1, 0.15) is 52.4 Å². The van der Waals surface area contributed by atoms with Crippen LogP contribution < -0.4 is 4.90 Å². The molecule has 0 amide bonds. The van der Waals surface area contributed by atoms with Crippen LogP contribution in [-0.2, 0) is 0 Å². The molecule has 2 nitrogen and oxygen atoms in total. The molecule has 0 saturated heterocycles. The second kappa shape index (κ2) is 8.26. The molecule has 16 heavy (non-hydrogen) atoms. The van der Waals surface area contributed by atoms with Crippen molar-refractivity contribution in [3.8, 4) is 0 Å². The molecule has 1 heterocycles. The van der Waals surface area contributed by atoms with Gasteiger partial charge in [-0.25, -0.2) is 0 Å². The Hall–Kier alpha value is -0.920. The molecular weight excluding hydrogens is 198 g/mol. The first-order valence-corrected chi connectivity index (χ1v) is 6.67. The van der Waals surface area contributed by atoms with E-state index >= 15 is 0 Å². The molecule has 0 aliphatic carbocycles. The first kappa shape index (κ1) is 13.1. The molecule has 0 saturated carbocycles. The minimum absolute atomic E-state index is 1.03. The van der Waals surface area contributed by atoms with Crippen molar-refractivity contribution in [3.05, 3.63) is 18.4 Å². The van der Waals surface area contributed by atoms with Crippen LogP contribution in [0, 0.1) is 0 Å². The number of unbranched alkanes of at least 4 members (excludes halogenated alkanes) is 4. The summed E-state index contributed by atoms with van der Waals surface area (Å²) in [5.41, 5.74) is 0. The van der Waals surface area contributed by atoms with Crippen molar-refractivity contribution < 1.29 is 4.42 Å². The third kappa shape index (κ3) is 4.73. The number of rotatable bonds is 9. The van der Waals surface area contributed by atoms with Gasteiger partial charge in [0, 0.05) is 19.2 Å². The molecular formula is C14H25NO. The molecule has 0 spiro atoms. The first-order chi connectivity index (χ1) is 7.88. The SMILES string of the molecule is CCCCCN(CCCCC)c1ccco1. The highest BCUT2D eigenvalue weighted by atomic mass is 16.3. The largest absolute Gasteiger partial charge is 0.449 e. The third-order valence-electron chi connectivity index (χ3n) is 2.88. The van der Waals surface area contributed by atoms with Crippen molar-refractivity contribution in [1.82, 2.24) is 0 Å². The molecule has 0 radical (unpaired) electrons. The van der Waals surface area contributed by atoms with Gasteiger partial charge in [-0.3, -0.25) is 0 Å². The van der Waals surface area contributed by atoms with E-state index in [9.17, 15) is 0 Å². The molecule has 2 heteroatoms. The van der Waals surface area contributed by atoms with Gasteiger partial charge in [-0.1, -0.05) is 39.5 Å². The fourth-order valence-electron chi connectivity index (χ4n) is 1.89. The van der Waals surface area contributed by atoms with Crippen molar-refractivity contribution in [2.75, 3.05) is 18.0 Å². The molecule has 0 aliphatic heterocycles. The van der Waals surface area contributed by atoms with Gasteiger partial charge in [-0.2, -0.15) is 0 Å². The van der Waals surface area contributed by atoms with Gasteiger partial charge >= 0.3 is 0 Å². The van der Waals surface area contributed by atoms with Crippen molar-refractivity contribution in [3.63, 3.8) is 0 Å². The highest BCUT2D eigenvalue weighted by molar-refractivity contribution is 5.34. The van der Waals surface area contributed by atoms with E-state index in [1.165, 1.54) is 38.5 Å². The Morgan fingerprint density at radius 3 is 2.06 bits per heavy atom. The summed E-state index contributed by atoms with van der Waals surface area (Å²) in [6.45, 7) is 6.75. The number of nitrogens with zero attached hydrogens (tertiary/aromatic N) is 1. The van der Waals surface area contributed by atoms with Crippen LogP contribution in [0.4, 0.5) is 5.88 Å². The van der Waals surface area contributed by atoms with Gasteiger partial charge in [0.15, 0.2) is 5.88 Å². The maximum atomic E-state index is 5.48. The normalized spacial score (nSPS) is 10.6. The van der Waals surface area contributed by atoms with Crippen LogP contribution in [0.15, 0.2) is 22.8 Å². The highest BCUT2D eigenvalue weighted by Gasteiger charge is 2.07. The van der Waals surface area contributed by atoms with Crippen molar-refractivity contribution in [2.24, 2.45) is 0 Å². The lowest BCUT2D eigenvalue weighted by Gasteiger charge is -2.21. The second-order valence-corrected chi connectivity index (χ2v) is 4.35. The van der Waals surface area contributed by atoms with Gasteiger partial charge in [0.05, 0.1) is 6.26 Å². The van der Waals surface area contributed by atoms with Gasteiger partial charge < -0.3 is 9.32 Å². The van der Waals surface area contributed by atoms with Crippen LogP contribution >= 0.6 is 0 Å². The maximum Gasteiger partial charge on any atom is 0.195 e. The van der Waals surface area contributed by atoms with Crippen LogP contribution in [0.2, 0.25) is 0 Å². The van der Waals surface area contributed by atoms with E-state index in [2.05, 4.69) is 24.8 Å². The van der Waals surface area contributed by atoms with Crippen molar-refractivity contribution in [1.29, 1.82) is 0 Å². The fourth-order valence-corrected chi connectivity index (χ4v) is 1.89. The Morgan fingerprint density at radius 2 is 1.62 bits per heavy atom. The lowest BCUT2D eigenvalue weighted by Crippen LogP contribution is -2.25. The van der Waals surface area contributed by atoms with E-state index in [4.69, 9.17) is 4.42 Å². The van der Waals surface area contributed by atoms with Gasteiger partial charge in [-0.05, 0) is 18.9 Å². The van der Waals surface area contributed by atoms with Crippen LogP contribution in [-0.4, -0.2) is 13.1 Å². The number of hydrogen-bond acceptors (Lipinski definition) is 2. The molecule has 0 fully saturated rings. The Kier molecular flexibility index (Phi) is 6.78. The van der Waals surface area contributed by atoms with E-state index < -0.39 is 0 Å². The smallest absolute Gasteiger partial charge is 0.195 e. The average Bonchev–Trinajstić information content (AvgIpc) is 2.81. The van der Waals surface area contributed by atoms with Crippen LogP contribution in [0.3, 0.4) is 0 Å². The molecule has 0 aromatic carbocycles. The van der Waals surface area contributed by atoms with Gasteiger partial charge in [-0.15, -0.1) is 0 Å². The van der Waals surface area contributed by atoms with E-state index in [-0.39, 0.29) is 0 Å². The zero-order valence-corrected chi connectivity index (χ0v) is 10.7. The lowest BCUT2D eigenvalue weighted by atomic mass is 10.2. The second-order valence-electron chi connectivity index (χ2n) is 4.35. The summed E-state index contributed by atoms with van der Waals surface area (Å²) in [6, 6.07) is 4.04. The topological polar surface area (TPSA) is 16.4 Å². The molecule has 92 valence electrons. The monoisotopic (exact) mass is 223 g/mol. The van der Waals surface area contributed by atoms with Gasteiger partial charge in [0.25, 0.3) is 0 Å². The number of anilines is 1. The first-order valence-electron chi connectivity index (χ1n) is 6.67.